The van der Waals surface area contributed by atoms with Crippen molar-refractivity contribution >= 4 is 34.7 Å². The first-order chi connectivity index (χ1) is 14.8. The van der Waals surface area contributed by atoms with Gasteiger partial charge >= 0.3 is 12.0 Å². The number of nitrogens with zero attached hydrogens (tertiary/aromatic N) is 2. The SMILES string of the molecule is Cc1cc(C(=O)OCC(=O)NN2C(=O)NC3(CCC(C)CC3)C2=O)c2ccccc2n1. The molecule has 2 aromatic rings. The number of fused-ring (bicyclic) bond motifs is 1. The van der Waals surface area contributed by atoms with Crippen LogP contribution in [0.5, 0.6) is 0 Å². The van der Waals surface area contributed by atoms with Gasteiger partial charge in [0.2, 0.25) is 0 Å². The van der Waals surface area contributed by atoms with Crippen molar-refractivity contribution in [1.82, 2.24) is 20.7 Å². The number of nitrogens with one attached hydrogen (secondary N) is 2. The number of carbonyl (C=O) groups is 4. The maximum atomic E-state index is 12.8. The number of amides is 4. The molecule has 0 unspecified atom stereocenters. The molecule has 4 rings (SSSR count). The number of urea groups is 1. The van der Waals surface area contributed by atoms with Crippen LogP contribution in [0.1, 0.15) is 48.7 Å². The lowest BCUT2D eigenvalue weighted by atomic mass is 9.77. The highest BCUT2D eigenvalue weighted by atomic mass is 16.5. The number of imide groups is 1. The van der Waals surface area contributed by atoms with E-state index < -0.39 is 36.0 Å². The summed E-state index contributed by atoms with van der Waals surface area (Å²) in [6.45, 7) is 3.24. The third-order valence-corrected chi connectivity index (χ3v) is 5.92. The van der Waals surface area contributed by atoms with Gasteiger partial charge in [-0.15, -0.1) is 0 Å². The molecule has 0 atom stereocenters. The zero-order chi connectivity index (χ0) is 22.2. The molecule has 1 aliphatic heterocycles. The van der Waals surface area contributed by atoms with Gasteiger partial charge in [-0.25, -0.2) is 9.59 Å². The van der Waals surface area contributed by atoms with Gasteiger partial charge in [0.05, 0.1) is 11.1 Å². The van der Waals surface area contributed by atoms with E-state index in [0.717, 1.165) is 12.8 Å². The predicted octanol–water partition coefficient (Wildman–Crippen LogP) is 2.23. The lowest BCUT2D eigenvalue weighted by molar-refractivity contribution is -0.141. The van der Waals surface area contributed by atoms with Crippen LogP contribution in [-0.4, -0.2) is 46.0 Å². The van der Waals surface area contributed by atoms with Crippen molar-refractivity contribution < 1.29 is 23.9 Å². The standard InChI is InChI=1S/C22H24N4O5/c1-13-7-9-22(10-8-13)20(29)26(21(30)24-22)25-18(27)12-31-19(28)16-11-14(2)23-17-6-4-3-5-15(16)17/h3-6,11,13H,7-10,12H2,1-2H3,(H,24,30)(H,25,27). The van der Waals surface area contributed by atoms with Gasteiger partial charge in [0.25, 0.3) is 11.8 Å². The van der Waals surface area contributed by atoms with E-state index in [1.165, 1.54) is 0 Å². The maximum absolute atomic E-state index is 12.8. The lowest BCUT2D eigenvalue weighted by Crippen LogP contribution is -2.52. The minimum absolute atomic E-state index is 0.293. The Balaban J connectivity index is 1.39. The van der Waals surface area contributed by atoms with Crippen LogP contribution in [0.25, 0.3) is 10.9 Å². The fourth-order valence-electron chi connectivity index (χ4n) is 4.16. The number of hydrazine groups is 1. The fourth-order valence-corrected chi connectivity index (χ4v) is 4.16. The number of benzene rings is 1. The average molecular weight is 424 g/mol. The van der Waals surface area contributed by atoms with Crippen LogP contribution >= 0.6 is 0 Å². The molecule has 2 aliphatic rings. The smallest absolute Gasteiger partial charge is 0.344 e. The minimum atomic E-state index is -0.957. The summed E-state index contributed by atoms with van der Waals surface area (Å²) >= 11 is 0. The summed E-state index contributed by atoms with van der Waals surface area (Å²) in [6.07, 6.45) is 2.72. The lowest BCUT2D eigenvalue weighted by Gasteiger charge is -2.33. The predicted molar refractivity (Wildman–Crippen MR) is 111 cm³/mol. The number of aryl methyl sites for hydroxylation is 1. The Morgan fingerprint density at radius 1 is 1.26 bits per heavy atom. The fraction of sp³-hybridized carbons (Fsp3) is 0.409. The Hall–Kier alpha value is -3.49. The van der Waals surface area contributed by atoms with Crippen LogP contribution in [0.3, 0.4) is 0 Å². The van der Waals surface area contributed by atoms with Crippen molar-refractivity contribution in [2.75, 3.05) is 6.61 Å². The number of para-hydroxylation sites is 1. The molecule has 1 aromatic carbocycles. The summed E-state index contributed by atoms with van der Waals surface area (Å²) in [5.74, 6) is -1.44. The molecule has 9 heteroatoms. The van der Waals surface area contributed by atoms with Crippen LogP contribution < -0.4 is 10.7 Å². The topological polar surface area (TPSA) is 118 Å². The molecular weight excluding hydrogens is 400 g/mol. The zero-order valence-corrected chi connectivity index (χ0v) is 17.4. The van der Waals surface area contributed by atoms with Gasteiger partial charge in [-0.1, -0.05) is 25.1 Å². The van der Waals surface area contributed by atoms with E-state index in [-0.39, 0.29) is 0 Å². The van der Waals surface area contributed by atoms with Gasteiger partial charge < -0.3 is 10.1 Å². The van der Waals surface area contributed by atoms with Gasteiger partial charge in [0, 0.05) is 11.1 Å². The molecule has 0 radical (unpaired) electrons. The summed E-state index contributed by atoms with van der Waals surface area (Å²) in [7, 11) is 0. The van der Waals surface area contributed by atoms with E-state index in [0.29, 0.717) is 45.9 Å². The number of hydrogen-bond acceptors (Lipinski definition) is 6. The second-order valence-electron chi connectivity index (χ2n) is 8.27. The Kier molecular flexibility index (Phi) is 5.34. The van der Waals surface area contributed by atoms with Crippen LogP contribution in [0.15, 0.2) is 30.3 Å². The third-order valence-electron chi connectivity index (χ3n) is 5.92. The summed E-state index contributed by atoms with van der Waals surface area (Å²) in [6, 6.07) is 8.04. The van der Waals surface area contributed by atoms with E-state index in [4.69, 9.17) is 4.74 Å². The van der Waals surface area contributed by atoms with Crippen molar-refractivity contribution in [3.8, 4) is 0 Å². The van der Waals surface area contributed by atoms with Crippen LogP contribution in [-0.2, 0) is 14.3 Å². The molecule has 2 N–H and O–H groups in total. The molecule has 1 aliphatic carbocycles. The second kappa shape index (κ2) is 7.98. The van der Waals surface area contributed by atoms with E-state index in [1.807, 2.05) is 6.07 Å². The first-order valence-corrected chi connectivity index (χ1v) is 10.3. The first-order valence-electron chi connectivity index (χ1n) is 10.3. The molecule has 9 nitrogen and oxygen atoms in total. The molecule has 162 valence electrons. The van der Waals surface area contributed by atoms with E-state index in [9.17, 15) is 19.2 Å². The van der Waals surface area contributed by atoms with Crippen molar-refractivity contribution in [1.29, 1.82) is 0 Å². The van der Waals surface area contributed by atoms with Crippen LogP contribution in [0, 0.1) is 12.8 Å². The quantitative estimate of drug-likeness (QED) is 0.574. The molecule has 2 fully saturated rings. The zero-order valence-electron chi connectivity index (χ0n) is 17.4. The molecule has 1 saturated heterocycles. The van der Waals surface area contributed by atoms with Gasteiger partial charge in [0.1, 0.15) is 5.54 Å². The number of rotatable bonds is 4. The Labute approximate surface area is 179 Å². The first kappa shape index (κ1) is 20.8. The van der Waals surface area contributed by atoms with E-state index >= 15 is 0 Å². The van der Waals surface area contributed by atoms with Gasteiger partial charge in [-0.05, 0) is 50.7 Å². The maximum Gasteiger partial charge on any atom is 0.344 e. The Morgan fingerprint density at radius 3 is 2.71 bits per heavy atom. The highest BCUT2D eigenvalue weighted by molar-refractivity contribution is 6.08. The second-order valence-corrected chi connectivity index (χ2v) is 8.27. The van der Waals surface area contributed by atoms with E-state index in [2.05, 4.69) is 22.7 Å². The summed E-state index contributed by atoms with van der Waals surface area (Å²) in [5.41, 5.74) is 2.88. The summed E-state index contributed by atoms with van der Waals surface area (Å²) in [4.78, 5) is 54.3. The number of aromatic nitrogens is 1. The van der Waals surface area contributed by atoms with E-state index in [1.54, 1.807) is 31.2 Å². The molecular formula is C22H24N4O5. The van der Waals surface area contributed by atoms with Gasteiger partial charge in [0.15, 0.2) is 6.61 Å². The number of ether oxygens (including phenoxy) is 1. The number of hydrogen-bond donors (Lipinski definition) is 2. The number of pyridine rings is 1. The number of carbonyl (C=O) groups excluding carboxylic acids is 4. The Morgan fingerprint density at radius 2 is 1.97 bits per heavy atom. The number of esters is 1. The molecule has 1 saturated carbocycles. The normalized spacial score (nSPS) is 23.2. The molecule has 1 spiro atoms. The van der Waals surface area contributed by atoms with Gasteiger partial charge in [-0.3, -0.25) is 20.0 Å². The summed E-state index contributed by atoms with van der Waals surface area (Å²) < 4.78 is 5.14. The Bertz CT molecular complexity index is 1070. The third kappa shape index (κ3) is 3.95. The molecule has 2 heterocycles. The highest BCUT2D eigenvalue weighted by Gasteiger charge is 2.52. The minimum Gasteiger partial charge on any atom is -0.452 e. The van der Waals surface area contributed by atoms with Crippen LogP contribution in [0.4, 0.5) is 4.79 Å². The van der Waals surface area contributed by atoms with Crippen LogP contribution in [0.2, 0.25) is 0 Å². The molecule has 0 bridgehead atoms. The molecule has 1 aromatic heterocycles. The molecule has 31 heavy (non-hydrogen) atoms. The monoisotopic (exact) mass is 424 g/mol. The summed E-state index contributed by atoms with van der Waals surface area (Å²) in [5, 5.41) is 4.02. The van der Waals surface area contributed by atoms with Crippen molar-refractivity contribution in [3.63, 3.8) is 0 Å². The largest absolute Gasteiger partial charge is 0.452 e. The van der Waals surface area contributed by atoms with Crippen molar-refractivity contribution in [3.05, 3.63) is 41.6 Å². The average Bonchev–Trinajstić information content (AvgIpc) is 2.97. The van der Waals surface area contributed by atoms with Crippen molar-refractivity contribution in [2.24, 2.45) is 5.92 Å². The van der Waals surface area contributed by atoms with Crippen molar-refractivity contribution in [2.45, 2.75) is 45.1 Å². The molecule has 4 amide bonds. The van der Waals surface area contributed by atoms with Gasteiger partial charge in [-0.2, -0.15) is 5.01 Å². The highest BCUT2D eigenvalue weighted by Crippen LogP contribution is 2.35.